The van der Waals surface area contributed by atoms with Crippen LogP contribution in [0, 0.1) is 20.8 Å². The summed E-state index contributed by atoms with van der Waals surface area (Å²) in [5.41, 5.74) is 4.39. The molecule has 1 atom stereocenters. The van der Waals surface area contributed by atoms with Gasteiger partial charge in [0, 0.05) is 18.6 Å². The maximum Gasteiger partial charge on any atom is 0.165 e. The number of ether oxygens (including phenoxy) is 1. The fraction of sp³-hybridized carbons (Fsp3) is 0.562. The van der Waals surface area contributed by atoms with Crippen LogP contribution < -0.4 is 0 Å². The third-order valence-electron chi connectivity index (χ3n) is 3.83. The number of carbonyl (C=O) groups is 1. The topological polar surface area (TPSA) is 26.3 Å². The molecule has 1 saturated heterocycles. The summed E-state index contributed by atoms with van der Waals surface area (Å²) in [6, 6.07) is 4.13. The van der Waals surface area contributed by atoms with Crippen molar-refractivity contribution in [2.75, 3.05) is 6.61 Å². The maximum atomic E-state index is 12.3. The first kappa shape index (κ1) is 13.3. The molecule has 0 N–H and O–H groups in total. The van der Waals surface area contributed by atoms with E-state index in [4.69, 9.17) is 4.74 Å². The van der Waals surface area contributed by atoms with Crippen LogP contribution >= 0.6 is 0 Å². The monoisotopic (exact) mass is 246 g/mol. The van der Waals surface area contributed by atoms with Gasteiger partial charge in [0.2, 0.25) is 0 Å². The van der Waals surface area contributed by atoms with E-state index in [-0.39, 0.29) is 11.9 Å². The van der Waals surface area contributed by atoms with Crippen LogP contribution in [0.1, 0.15) is 52.7 Å². The fourth-order valence-corrected chi connectivity index (χ4v) is 2.55. The van der Waals surface area contributed by atoms with Crippen LogP contribution in [0.4, 0.5) is 0 Å². The molecule has 2 nitrogen and oxygen atoms in total. The normalized spacial score (nSPS) is 19.8. The van der Waals surface area contributed by atoms with Crippen molar-refractivity contribution in [2.45, 2.75) is 52.6 Å². The van der Waals surface area contributed by atoms with E-state index in [1.54, 1.807) is 0 Å². The number of hydrogen-bond donors (Lipinski definition) is 0. The molecule has 0 saturated carbocycles. The van der Waals surface area contributed by atoms with Gasteiger partial charge in [0.25, 0.3) is 0 Å². The summed E-state index contributed by atoms with van der Waals surface area (Å²) in [4.78, 5) is 12.3. The van der Waals surface area contributed by atoms with Gasteiger partial charge in [0.15, 0.2) is 5.78 Å². The highest BCUT2D eigenvalue weighted by atomic mass is 16.5. The Hall–Kier alpha value is -1.15. The Labute approximate surface area is 109 Å². The molecule has 1 heterocycles. The second-order valence-electron chi connectivity index (χ2n) is 5.37. The Balaban J connectivity index is 2.10. The van der Waals surface area contributed by atoms with Gasteiger partial charge < -0.3 is 4.74 Å². The van der Waals surface area contributed by atoms with E-state index in [9.17, 15) is 4.79 Å². The van der Waals surface area contributed by atoms with E-state index < -0.39 is 0 Å². The maximum absolute atomic E-state index is 12.3. The SMILES string of the molecule is Cc1cc(C)c(C(=O)CC2CCCCO2)cc1C. The van der Waals surface area contributed by atoms with E-state index >= 15 is 0 Å². The van der Waals surface area contributed by atoms with Crippen molar-refractivity contribution in [1.82, 2.24) is 0 Å². The van der Waals surface area contributed by atoms with Crippen molar-refractivity contribution in [3.63, 3.8) is 0 Å². The van der Waals surface area contributed by atoms with Gasteiger partial charge in [0.1, 0.15) is 0 Å². The number of aryl methyl sites for hydroxylation is 3. The smallest absolute Gasteiger partial charge is 0.165 e. The number of rotatable bonds is 3. The predicted molar refractivity (Wildman–Crippen MR) is 73.2 cm³/mol. The van der Waals surface area contributed by atoms with Crippen molar-refractivity contribution in [3.05, 3.63) is 34.4 Å². The molecule has 2 heteroatoms. The van der Waals surface area contributed by atoms with Crippen molar-refractivity contribution in [3.8, 4) is 0 Å². The van der Waals surface area contributed by atoms with E-state index in [0.717, 1.165) is 30.6 Å². The number of carbonyl (C=O) groups excluding carboxylic acids is 1. The fourth-order valence-electron chi connectivity index (χ4n) is 2.55. The number of Topliss-reactive ketones (excluding diaryl/α,β-unsaturated/α-hetero) is 1. The van der Waals surface area contributed by atoms with Gasteiger partial charge >= 0.3 is 0 Å². The average Bonchev–Trinajstić information content (AvgIpc) is 2.35. The highest BCUT2D eigenvalue weighted by Gasteiger charge is 2.19. The first-order chi connectivity index (χ1) is 8.58. The Morgan fingerprint density at radius 3 is 2.56 bits per heavy atom. The first-order valence-corrected chi connectivity index (χ1v) is 6.80. The predicted octanol–water partition coefficient (Wildman–Crippen LogP) is 3.75. The molecule has 0 bridgehead atoms. The molecular weight excluding hydrogens is 224 g/mol. The lowest BCUT2D eigenvalue weighted by Crippen LogP contribution is -2.22. The van der Waals surface area contributed by atoms with Gasteiger partial charge in [0.05, 0.1) is 6.10 Å². The molecule has 1 aliphatic heterocycles. The summed E-state index contributed by atoms with van der Waals surface area (Å²) in [5.74, 6) is 0.225. The zero-order chi connectivity index (χ0) is 13.1. The number of ketones is 1. The molecule has 0 aromatic heterocycles. The van der Waals surface area contributed by atoms with E-state index in [1.807, 2.05) is 13.0 Å². The van der Waals surface area contributed by atoms with Crippen molar-refractivity contribution in [1.29, 1.82) is 0 Å². The second kappa shape index (κ2) is 5.66. The minimum Gasteiger partial charge on any atom is -0.378 e. The molecule has 1 fully saturated rings. The molecule has 1 unspecified atom stereocenters. The van der Waals surface area contributed by atoms with Crippen LogP contribution in [0.3, 0.4) is 0 Å². The Bertz CT molecular complexity index is 443. The standard InChI is InChI=1S/C16H22O2/c1-11-8-13(3)15(9-12(11)2)16(17)10-14-6-4-5-7-18-14/h8-9,14H,4-7,10H2,1-3H3. The molecule has 1 aromatic rings. The highest BCUT2D eigenvalue weighted by molar-refractivity contribution is 5.98. The van der Waals surface area contributed by atoms with E-state index in [2.05, 4.69) is 19.9 Å². The zero-order valence-corrected chi connectivity index (χ0v) is 11.6. The minimum absolute atomic E-state index is 0.132. The summed E-state index contributed by atoms with van der Waals surface area (Å²) in [7, 11) is 0. The second-order valence-corrected chi connectivity index (χ2v) is 5.37. The highest BCUT2D eigenvalue weighted by Crippen LogP contribution is 2.21. The van der Waals surface area contributed by atoms with Crippen LogP contribution in [0.2, 0.25) is 0 Å². The molecular formula is C16H22O2. The molecule has 0 spiro atoms. The van der Waals surface area contributed by atoms with Crippen LogP contribution in [0.15, 0.2) is 12.1 Å². The summed E-state index contributed by atoms with van der Waals surface area (Å²) >= 11 is 0. The van der Waals surface area contributed by atoms with Gasteiger partial charge in [-0.3, -0.25) is 4.79 Å². The summed E-state index contributed by atoms with van der Waals surface area (Å²) in [6.07, 6.45) is 4.00. The lowest BCUT2D eigenvalue weighted by Gasteiger charge is -2.22. The van der Waals surface area contributed by atoms with Crippen LogP contribution in [0.5, 0.6) is 0 Å². The Kier molecular flexibility index (Phi) is 4.18. The third kappa shape index (κ3) is 2.99. The molecule has 18 heavy (non-hydrogen) atoms. The van der Waals surface area contributed by atoms with Gasteiger partial charge in [-0.05, 0) is 62.8 Å². The van der Waals surface area contributed by atoms with Crippen LogP contribution in [-0.2, 0) is 4.74 Å². The Morgan fingerprint density at radius 1 is 1.17 bits per heavy atom. The van der Waals surface area contributed by atoms with Crippen LogP contribution in [-0.4, -0.2) is 18.5 Å². The van der Waals surface area contributed by atoms with Crippen molar-refractivity contribution in [2.24, 2.45) is 0 Å². The minimum atomic E-state index is 0.132. The molecule has 1 aliphatic rings. The molecule has 1 aromatic carbocycles. The number of benzene rings is 1. The Morgan fingerprint density at radius 2 is 1.89 bits per heavy atom. The van der Waals surface area contributed by atoms with Gasteiger partial charge in [-0.1, -0.05) is 6.07 Å². The first-order valence-electron chi connectivity index (χ1n) is 6.80. The number of hydrogen-bond acceptors (Lipinski definition) is 2. The molecule has 0 radical (unpaired) electrons. The lowest BCUT2D eigenvalue weighted by molar-refractivity contribution is 0.0129. The largest absolute Gasteiger partial charge is 0.378 e. The van der Waals surface area contributed by atoms with Crippen molar-refractivity contribution >= 4 is 5.78 Å². The summed E-state index contributed by atoms with van der Waals surface area (Å²) in [6.45, 7) is 6.97. The molecule has 0 aliphatic carbocycles. The van der Waals surface area contributed by atoms with E-state index in [0.29, 0.717) is 6.42 Å². The third-order valence-corrected chi connectivity index (χ3v) is 3.83. The summed E-state index contributed by atoms with van der Waals surface area (Å²) in [5, 5.41) is 0. The molecule has 98 valence electrons. The van der Waals surface area contributed by atoms with Gasteiger partial charge in [-0.15, -0.1) is 0 Å². The quantitative estimate of drug-likeness (QED) is 0.759. The summed E-state index contributed by atoms with van der Waals surface area (Å²) < 4.78 is 5.64. The van der Waals surface area contributed by atoms with Gasteiger partial charge in [-0.25, -0.2) is 0 Å². The van der Waals surface area contributed by atoms with E-state index in [1.165, 1.54) is 17.5 Å². The van der Waals surface area contributed by atoms with Gasteiger partial charge in [-0.2, -0.15) is 0 Å². The van der Waals surface area contributed by atoms with Crippen LogP contribution in [0.25, 0.3) is 0 Å². The molecule has 0 amide bonds. The lowest BCUT2D eigenvalue weighted by atomic mass is 9.94. The van der Waals surface area contributed by atoms with Crippen molar-refractivity contribution < 1.29 is 9.53 Å². The zero-order valence-electron chi connectivity index (χ0n) is 11.6. The average molecular weight is 246 g/mol. The molecule has 2 rings (SSSR count).